The first-order valence-corrected chi connectivity index (χ1v) is 4.07. The summed E-state index contributed by atoms with van der Waals surface area (Å²) in [6, 6.07) is 3.24. The van der Waals surface area contributed by atoms with E-state index in [2.05, 4.69) is 10.5 Å². The predicted octanol–water partition coefficient (Wildman–Crippen LogP) is 1.65. The molecule has 0 aromatic carbocycles. The lowest BCUT2D eigenvalue weighted by Crippen LogP contribution is -2.17. The second-order valence-corrected chi connectivity index (χ2v) is 2.94. The molecule has 70 valence electrons. The van der Waals surface area contributed by atoms with Gasteiger partial charge in [0.05, 0.1) is 6.26 Å². The molecule has 0 saturated carbocycles. The number of carbonyl (C=O) groups excluding carboxylic acids is 1. The van der Waals surface area contributed by atoms with Gasteiger partial charge in [0.25, 0.3) is 0 Å². The van der Waals surface area contributed by atoms with Crippen molar-refractivity contribution in [1.82, 2.24) is 5.43 Å². The number of hydrogen-bond acceptors (Lipinski definition) is 3. The Kier molecular flexibility index (Phi) is 3.25. The van der Waals surface area contributed by atoms with E-state index in [1.807, 2.05) is 13.8 Å². The molecule has 13 heavy (non-hydrogen) atoms. The van der Waals surface area contributed by atoms with Crippen LogP contribution < -0.4 is 5.43 Å². The smallest absolute Gasteiger partial charge is 0.307 e. The molecule has 0 spiro atoms. The average Bonchev–Trinajstić information content (AvgIpc) is 2.55. The summed E-state index contributed by atoms with van der Waals surface area (Å²) in [5.74, 6) is 0.250. The van der Waals surface area contributed by atoms with Crippen LogP contribution in [0.3, 0.4) is 0 Å². The third kappa shape index (κ3) is 3.11. The lowest BCUT2D eigenvalue weighted by Gasteiger charge is -1.95. The molecule has 0 atom stereocenters. The number of nitrogens with one attached hydrogen (secondary N) is 1. The highest BCUT2D eigenvalue weighted by atomic mass is 16.3. The van der Waals surface area contributed by atoms with Gasteiger partial charge < -0.3 is 4.42 Å². The monoisotopic (exact) mass is 180 g/mol. The number of amides is 1. The zero-order valence-electron chi connectivity index (χ0n) is 7.65. The van der Waals surface area contributed by atoms with Crippen LogP contribution in [-0.4, -0.2) is 12.1 Å². The van der Waals surface area contributed by atoms with Gasteiger partial charge in [0.15, 0.2) is 5.76 Å². The molecular weight excluding hydrogens is 168 g/mol. The Morgan fingerprint density at radius 2 is 2.46 bits per heavy atom. The van der Waals surface area contributed by atoms with Crippen molar-refractivity contribution in [3.8, 4) is 0 Å². The van der Waals surface area contributed by atoms with E-state index in [1.54, 1.807) is 18.3 Å². The summed E-state index contributed by atoms with van der Waals surface area (Å²) < 4.78 is 4.87. The van der Waals surface area contributed by atoms with E-state index in [9.17, 15) is 4.79 Å². The van der Waals surface area contributed by atoms with Crippen LogP contribution in [-0.2, 0) is 0 Å². The Balaban J connectivity index is 2.43. The van der Waals surface area contributed by atoms with Crippen LogP contribution in [0.4, 0.5) is 0 Å². The van der Waals surface area contributed by atoms with Crippen LogP contribution in [0.25, 0.3) is 0 Å². The van der Waals surface area contributed by atoms with Gasteiger partial charge >= 0.3 is 5.91 Å². The fourth-order valence-corrected chi connectivity index (χ4v) is 0.708. The van der Waals surface area contributed by atoms with Crippen LogP contribution in [0, 0.1) is 5.92 Å². The lowest BCUT2D eigenvalue weighted by atomic mass is 10.3. The highest BCUT2D eigenvalue weighted by Crippen LogP contribution is 1.98. The van der Waals surface area contributed by atoms with E-state index >= 15 is 0 Å². The average molecular weight is 180 g/mol. The van der Waals surface area contributed by atoms with E-state index in [0.717, 1.165) is 0 Å². The van der Waals surface area contributed by atoms with E-state index in [4.69, 9.17) is 4.42 Å². The standard InChI is InChI=1S/C9H12N2O2/c1-7(2)6-10-11-9(12)8-4-3-5-13-8/h3-7H,1-2H3,(H,11,12). The number of carbonyl (C=O) groups is 1. The van der Waals surface area contributed by atoms with Gasteiger partial charge in [-0.15, -0.1) is 0 Å². The maximum absolute atomic E-state index is 11.2. The summed E-state index contributed by atoms with van der Waals surface area (Å²) in [5, 5.41) is 3.74. The Labute approximate surface area is 76.6 Å². The topological polar surface area (TPSA) is 54.6 Å². The summed E-state index contributed by atoms with van der Waals surface area (Å²) >= 11 is 0. The Morgan fingerprint density at radius 3 is 3.00 bits per heavy atom. The Bertz CT molecular complexity index is 289. The number of rotatable bonds is 3. The minimum Gasteiger partial charge on any atom is -0.459 e. The van der Waals surface area contributed by atoms with E-state index < -0.39 is 0 Å². The number of nitrogens with zero attached hydrogens (tertiary/aromatic N) is 1. The van der Waals surface area contributed by atoms with Gasteiger partial charge in [-0.05, 0) is 18.1 Å². The summed E-state index contributed by atoms with van der Waals surface area (Å²) in [6.07, 6.45) is 3.10. The fourth-order valence-electron chi connectivity index (χ4n) is 0.708. The van der Waals surface area contributed by atoms with Gasteiger partial charge in [-0.1, -0.05) is 13.8 Å². The fraction of sp³-hybridized carbons (Fsp3) is 0.333. The minimum absolute atomic E-state index is 0.265. The molecular formula is C9H12N2O2. The molecule has 0 unspecified atom stereocenters. The molecule has 0 radical (unpaired) electrons. The molecule has 0 aliphatic rings. The van der Waals surface area contributed by atoms with Crippen molar-refractivity contribution in [2.45, 2.75) is 13.8 Å². The van der Waals surface area contributed by atoms with Gasteiger partial charge in [0.2, 0.25) is 0 Å². The first kappa shape index (κ1) is 9.51. The van der Waals surface area contributed by atoms with Crippen molar-refractivity contribution < 1.29 is 9.21 Å². The van der Waals surface area contributed by atoms with Crippen LogP contribution >= 0.6 is 0 Å². The van der Waals surface area contributed by atoms with Crippen molar-refractivity contribution in [3.63, 3.8) is 0 Å². The van der Waals surface area contributed by atoms with Crippen molar-refractivity contribution in [2.75, 3.05) is 0 Å². The summed E-state index contributed by atoms with van der Waals surface area (Å²) in [5.41, 5.74) is 2.35. The van der Waals surface area contributed by atoms with Crippen LogP contribution in [0.1, 0.15) is 24.4 Å². The maximum atomic E-state index is 11.2. The van der Waals surface area contributed by atoms with E-state index in [-0.39, 0.29) is 11.7 Å². The van der Waals surface area contributed by atoms with Gasteiger partial charge in [-0.3, -0.25) is 4.79 Å². The highest BCUT2D eigenvalue weighted by Gasteiger charge is 2.05. The second-order valence-electron chi connectivity index (χ2n) is 2.94. The third-order valence-corrected chi connectivity index (χ3v) is 1.28. The summed E-state index contributed by atoms with van der Waals surface area (Å²) in [6.45, 7) is 3.95. The molecule has 1 amide bonds. The van der Waals surface area contributed by atoms with Gasteiger partial charge in [-0.2, -0.15) is 5.10 Å². The Hall–Kier alpha value is -1.58. The van der Waals surface area contributed by atoms with Crippen molar-refractivity contribution in [3.05, 3.63) is 24.2 Å². The van der Waals surface area contributed by atoms with Crippen molar-refractivity contribution >= 4 is 12.1 Å². The minimum atomic E-state index is -0.332. The first-order valence-electron chi connectivity index (χ1n) is 4.07. The molecule has 1 heterocycles. The second kappa shape index (κ2) is 4.45. The molecule has 1 rings (SSSR count). The molecule has 0 aliphatic carbocycles. The number of hydrogen-bond donors (Lipinski definition) is 1. The molecule has 0 aliphatic heterocycles. The number of furan rings is 1. The molecule has 0 fully saturated rings. The lowest BCUT2D eigenvalue weighted by molar-refractivity contribution is 0.0927. The van der Waals surface area contributed by atoms with E-state index in [1.165, 1.54) is 6.26 Å². The quantitative estimate of drug-likeness (QED) is 0.568. The van der Waals surface area contributed by atoms with Crippen LogP contribution in [0.5, 0.6) is 0 Å². The summed E-state index contributed by atoms with van der Waals surface area (Å²) in [7, 11) is 0. The van der Waals surface area contributed by atoms with Gasteiger partial charge in [-0.25, -0.2) is 5.43 Å². The molecule has 4 nitrogen and oxygen atoms in total. The van der Waals surface area contributed by atoms with Crippen LogP contribution in [0.2, 0.25) is 0 Å². The van der Waals surface area contributed by atoms with Crippen molar-refractivity contribution in [2.24, 2.45) is 11.0 Å². The maximum Gasteiger partial charge on any atom is 0.307 e. The molecule has 0 saturated heterocycles. The summed E-state index contributed by atoms with van der Waals surface area (Å²) in [4.78, 5) is 11.2. The molecule has 4 heteroatoms. The molecule has 1 N–H and O–H groups in total. The predicted molar refractivity (Wildman–Crippen MR) is 49.5 cm³/mol. The van der Waals surface area contributed by atoms with Gasteiger partial charge in [0.1, 0.15) is 0 Å². The largest absolute Gasteiger partial charge is 0.459 e. The highest BCUT2D eigenvalue weighted by molar-refractivity contribution is 5.91. The molecule has 0 bridgehead atoms. The normalized spacial score (nSPS) is 11.0. The number of hydrazone groups is 1. The molecule has 1 aromatic rings. The third-order valence-electron chi connectivity index (χ3n) is 1.28. The van der Waals surface area contributed by atoms with Crippen LogP contribution in [0.15, 0.2) is 27.9 Å². The zero-order chi connectivity index (χ0) is 9.68. The SMILES string of the molecule is CC(C)C=NNC(=O)c1ccco1. The van der Waals surface area contributed by atoms with Crippen molar-refractivity contribution in [1.29, 1.82) is 0 Å². The Morgan fingerprint density at radius 1 is 1.69 bits per heavy atom. The van der Waals surface area contributed by atoms with Gasteiger partial charge in [0, 0.05) is 6.21 Å². The zero-order valence-corrected chi connectivity index (χ0v) is 7.65. The first-order chi connectivity index (χ1) is 6.20. The molecule has 1 aromatic heterocycles. The van der Waals surface area contributed by atoms with E-state index in [0.29, 0.717) is 5.92 Å².